The van der Waals surface area contributed by atoms with Gasteiger partial charge < -0.3 is 4.90 Å². The molecular formula is C22H23Cl2N3O2S2. The second-order valence-electron chi connectivity index (χ2n) is 7.68. The van der Waals surface area contributed by atoms with E-state index in [1.54, 1.807) is 17.4 Å². The van der Waals surface area contributed by atoms with Crippen molar-refractivity contribution >= 4 is 49.7 Å². The number of hydrogen-bond acceptors (Lipinski definition) is 5. The molecule has 5 nitrogen and oxygen atoms in total. The largest absolute Gasteiger partial charge is 0.345 e. The highest BCUT2D eigenvalue weighted by Crippen LogP contribution is 2.29. The first-order chi connectivity index (χ1) is 14.7. The van der Waals surface area contributed by atoms with Gasteiger partial charge in [0.1, 0.15) is 4.90 Å². The molecule has 0 saturated carbocycles. The minimum absolute atomic E-state index is 0.0944. The SMILES string of the molecule is Cc1ccc(Cc2csc(N3CCN(S(=O)(=O)c4ccc(Cl)cc4Cl)CC3)n2)cc1C. The number of sulfonamides is 1. The number of piperazine rings is 1. The lowest BCUT2D eigenvalue weighted by Crippen LogP contribution is -2.48. The van der Waals surface area contributed by atoms with Crippen molar-refractivity contribution in [1.29, 1.82) is 0 Å². The molecule has 1 fully saturated rings. The van der Waals surface area contributed by atoms with Crippen molar-refractivity contribution in [3.63, 3.8) is 0 Å². The minimum atomic E-state index is -3.66. The highest BCUT2D eigenvalue weighted by molar-refractivity contribution is 7.89. The Morgan fingerprint density at radius 2 is 1.74 bits per heavy atom. The number of benzene rings is 2. The predicted octanol–water partition coefficient (Wildman–Crippen LogP) is 5.17. The maximum atomic E-state index is 13.0. The summed E-state index contributed by atoms with van der Waals surface area (Å²) in [6, 6.07) is 11.0. The molecule has 1 aromatic heterocycles. The summed E-state index contributed by atoms with van der Waals surface area (Å²) >= 11 is 13.6. The molecule has 31 heavy (non-hydrogen) atoms. The lowest BCUT2D eigenvalue weighted by atomic mass is 10.0. The molecule has 0 amide bonds. The summed E-state index contributed by atoms with van der Waals surface area (Å²) in [5, 5.41) is 3.57. The van der Waals surface area contributed by atoms with Crippen molar-refractivity contribution in [2.45, 2.75) is 25.2 Å². The molecule has 0 atom stereocenters. The molecule has 9 heteroatoms. The van der Waals surface area contributed by atoms with Gasteiger partial charge in [0.05, 0.1) is 10.7 Å². The van der Waals surface area contributed by atoms with E-state index in [1.807, 2.05) is 0 Å². The topological polar surface area (TPSA) is 53.5 Å². The predicted molar refractivity (Wildman–Crippen MR) is 128 cm³/mol. The average molecular weight is 496 g/mol. The van der Waals surface area contributed by atoms with E-state index < -0.39 is 10.0 Å². The van der Waals surface area contributed by atoms with Crippen LogP contribution in [0.2, 0.25) is 10.0 Å². The molecule has 2 heterocycles. The molecular weight excluding hydrogens is 473 g/mol. The Morgan fingerprint density at radius 3 is 2.42 bits per heavy atom. The van der Waals surface area contributed by atoms with Gasteiger partial charge in [-0.25, -0.2) is 13.4 Å². The molecule has 0 unspecified atom stereocenters. The molecule has 0 radical (unpaired) electrons. The van der Waals surface area contributed by atoms with Gasteiger partial charge in [-0.1, -0.05) is 41.4 Å². The van der Waals surface area contributed by atoms with E-state index in [2.05, 4.69) is 42.3 Å². The Balaban J connectivity index is 1.41. The zero-order valence-electron chi connectivity index (χ0n) is 17.3. The third kappa shape index (κ3) is 4.91. The fourth-order valence-corrected chi connectivity index (χ4v) is 6.64. The summed E-state index contributed by atoms with van der Waals surface area (Å²) in [5.41, 5.74) is 4.85. The first-order valence-corrected chi connectivity index (χ1v) is 13.0. The highest BCUT2D eigenvalue weighted by Gasteiger charge is 2.31. The molecule has 3 aromatic rings. The summed E-state index contributed by atoms with van der Waals surface area (Å²) in [6.07, 6.45) is 0.793. The first kappa shape index (κ1) is 22.6. The molecule has 4 rings (SSSR count). The van der Waals surface area contributed by atoms with Gasteiger partial charge in [-0.15, -0.1) is 11.3 Å². The number of anilines is 1. The van der Waals surface area contributed by atoms with Crippen molar-refractivity contribution in [1.82, 2.24) is 9.29 Å². The second-order valence-corrected chi connectivity index (χ2v) is 11.3. The summed E-state index contributed by atoms with van der Waals surface area (Å²) in [4.78, 5) is 7.03. The second kappa shape index (κ2) is 9.08. The molecule has 0 N–H and O–H groups in total. The van der Waals surface area contributed by atoms with E-state index >= 15 is 0 Å². The normalized spacial score (nSPS) is 15.4. The number of thiazole rings is 1. The van der Waals surface area contributed by atoms with E-state index in [4.69, 9.17) is 28.2 Å². The van der Waals surface area contributed by atoms with E-state index in [0.29, 0.717) is 31.2 Å². The fraction of sp³-hybridized carbons (Fsp3) is 0.318. The van der Waals surface area contributed by atoms with Crippen LogP contribution in [0, 0.1) is 13.8 Å². The Labute approximate surface area is 197 Å². The van der Waals surface area contributed by atoms with Crippen LogP contribution < -0.4 is 4.90 Å². The van der Waals surface area contributed by atoms with E-state index in [-0.39, 0.29) is 9.92 Å². The lowest BCUT2D eigenvalue weighted by Gasteiger charge is -2.33. The first-order valence-electron chi connectivity index (χ1n) is 9.95. The lowest BCUT2D eigenvalue weighted by molar-refractivity contribution is 0.384. The smallest absolute Gasteiger partial charge is 0.244 e. The Bertz CT molecular complexity index is 1200. The van der Waals surface area contributed by atoms with Crippen LogP contribution in [0.4, 0.5) is 5.13 Å². The number of aromatic nitrogens is 1. The summed E-state index contributed by atoms with van der Waals surface area (Å²) in [5.74, 6) is 0. The van der Waals surface area contributed by atoms with Gasteiger partial charge >= 0.3 is 0 Å². The van der Waals surface area contributed by atoms with E-state index in [9.17, 15) is 8.42 Å². The van der Waals surface area contributed by atoms with Crippen molar-refractivity contribution in [2.75, 3.05) is 31.1 Å². The van der Waals surface area contributed by atoms with E-state index in [1.165, 1.54) is 33.1 Å². The molecule has 1 saturated heterocycles. The zero-order valence-corrected chi connectivity index (χ0v) is 20.5. The maximum Gasteiger partial charge on any atom is 0.244 e. The molecule has 2 aromatic carbocycles. The third-order valence-electron chi connectivity index (χ3n) is 5.52. The van der Waals surface area contributed by atoms with Crippen LogP contribution in [0.1, 0.15) is 22.4 Å². The quantitative estimate of drug-likeness (QED) is 0.489. The van der Waals surface area contributed by atoms with Gasteiger partial charge in [-0.05, 0) is 48.7 Å². The van der Waals surface area contributed by atoms with Crippen molar-refractivity contribution < 1.29 is 8.42 Å². The summed E-state index contributed by atoms with van der Waals surface area (Å²) in [6.45, 7) is 6.17. The Hall–Kier alpha value is -1.64. The van der Waals surface area contributed by atoms with Crippen LogP contribution in [0.3, 0.4) is 0 Å². The monoisotopic (exact) mass is 495 g/mol. The van der Waals surface area contributed by atoms with Crippen LogP contribution in [-0.2, 0) is 16.4 Å². The van der Waals surface area contributed by atoms with Crippen molar-refractivity contribution in [3.8, 4) is 0 Å². The number of aryl methyl sites for hydroxylation is 2. The van der Waals surface area contributed by atoms with Gasteiger partial charge in [0.2, 0.25) is 10.0 Å². The zero-order chi connectivity index (χ0) is 22.2. The van der Waals surface area contributed by atoms with Crippen molar-refractivity contribution in [3.05, 3.63) is 74.2 Å². The molecule has 164 valence electrons. The Morgan fingerprint density at radius 1 is 1.00 bits per heavy atom. The average Bonchev–Trinajstić information content (AvgIpc) is 3.19. The van der Waals surface area contributed by atoms with Gasteiger partial charge in [-0.2, -0.15) is 4.31 Å². The van der Waals surface area contributed by atoms with Gasteiger partial charge in [0, 0.05) is 43.0 Å². The van der Waals surface area contributed by atoms with Crippen LogP contribution >= 0.6 is 34.5 Å². The number of halogens is 2. The summed E-state index contributed by atoms with van der Waals surface area (Å²) < 4.78 is 27.5. The number of nitrogens with zero attached hydrogens (tertiary/aromatic N) is 3. The van der Waals surface area contributed by atoms with Gasteiger partial charge in [0.25, 0.3) is 0 Å². The maximum absolute atomic E-state index is 13.0. The van der Waals surface area contributed by atoms with Crippen LogP contribution in [0.15, 0.2) is 46.7 Å². The third-order valence-corrected chi connectivity index (χ3v) is 9.08. The molecule has 0 spiro atoms. The number of rotatable bonds is 5. The molecule has 1 aliphatic rings. The van der Waals surface area contributed by atoms with E-state index in [0.717, 1.165) is 17.2 Å². The van der Waals surface area contributed by atoms with Crippen molar-refractivity contribution in [2.24, 2.45) is 0 Å². The van der Waals surface area contributed by atoms with Crippen LogP contribution in [0.25, 0.3) is 0 Å². The van der Waals surface area contributed by atoms with Gasteiger partial charge in [-0.3, -0.25) is 0 Å². The highest BCUT2D eigenvalue weighted by atomic mass is 35.5. The van der Waals surface area contributed by atoms with Crippen LogP contribution in [-0.4, -0.2) is 43.9 Å². The molecule has 0 bridgehead atoms. The fourth-order valence-electron chi connectivity index (χ4n) is 3.59. The van der Waals surface area contributed by atoms with Gasteiger partial charge in [0.15, 0.2) is 5.13 Å². The standard InChI is InChI=1S/C22H23Cl2N3O2S2/c1-15-3-4-17(11-16(15)2)12-19-14-30-22(25-19)26-7-9-27(10-8-26)31(28,29)21-6-5-18(23)13-20(21)24/h3-6,11,13-14H,7-10,12H2,1-2H3. The molecule has 0 aliphatic carbocycles. The number of hydrogen-bond donors (Lipinski definition) is 0. The van der Waals surface area contributed by atoms with Crippen LogP contribution in [0.5, 0.6) is 0 Å². The summed E-state index contributed by atoms with van der Waals surface area (Å²) in [7, 11) is -3.66. The molecule has 1 aliphatic heterocycles. The minimum Gasteiger partial charge on any atom is -0.345 e. The Kier molecular flexibility index (Phi) is 6.60.